The molecule has 1 N–H and O–H groups in total. The number of carbonyl (C=O) groups excluding carboxylic acids is 1. The third-order valence-corrected chi connectivity index (χ3v) is 3.90. The zero-order valence-electron chi connectivity index (χ0n) is 14.5. The molecule has 2 heterocycles. The highest BCUT2D eigenvalue weighted by atomic mass is 19.1. The zero-order valence-corrected chi connectivity index (χ0v) is 14.5. The molecule has 0 fully saturated rings. The summed E-state index contributed by atoms with van der Waals surface area (Å²) in [5.41, 5.74) is 2.60. The molecular weight excluding hydrogens is 323 g/mol. The van der Waals surface area contributed by atoms with E-state index in [1.165, 1.54) is 16.8 Å². The number of nitrogens with one attached hydrogen (secondary N) is 1. The second kappa shape index (κ2) is 6.46. The van der Waals surface area contributed by atoms with E-state index in [0.29, 0.717) is 22.8 Å². The van der Waals surface area contributed by atoms with Crippen LogP contribution in [-0.4, -0.2) is 30.5 Å². The fraction of sp³-hybridized carbons (Fsp3) is 0.294. The Balaban J connectivity index is 1.94. The van der Waals surface area contributed by atoms with Gasteiger partial charge in [-0.05, 0) is 50.1 Å². The minimum Gasteiger partial charge on any atom is -0.289 e. The predicted molar refractivity (Wildman–Crippen MR) is 91.3 cm³/mol. The number of amides is 1. The van der Waals surface area contributed by atoms with Crippen molar-refractivity contribution in [3.63, 3.8) is 0 Å². The molecule has 0 unspecified atom stereocenters. The quantitative estimate of drug-likeness (QED) is 0.790. The number of nitrogens with zero attached hydrogens (tertiary/aromatic N) is 5. The van der Waals surface area contributed by atoms with Crippen LogP contribution in [0.25, 0.3) is 5.69 Å². The summed E-state index contributed by atoms with van der Waals surface area (Å²) in [4.78, 5) is 16.8. The molecule has 7 nitrogen and oxygen atoms in total. The molecular formula is C17H19FN6O. The van der Waals surface area contributed by atoms with E-state index in [-0.39, 0.29) is 17.7 Å². The van der Waals surface area contributed by atoms with Gasteiger partial charge in [-0.3, -0.25) is 14.8 Å². The number of carbonyl (C=O) groups is 1. The first-order chi connectivity index (χ1) is 11.9. The first-order valence-corrected chi connectivity index (χ1v) is 7.93. The minimum absolute atomic E-state index is 0.265. The lowest BCUT2D eigenvalue weighted by Gasteiger charge is -2.09. The summed E-state index contributed by atoms with van der Waals surface area (Å²) >= 11 is 0. The Morgan fingerprint density at radius 2 is 2.00 bits per heavy atom. The maximum atomic E-state index is 13.3. The average Bonchev–Trinajstić information content (AvgIpc) is 3.10. The largest absolute Gasteiger partial charge is 0.289 e. The average molecular weight is 342 g/mol. The van der Waals surface area contributed by atoms with E-state index in [1.54, 1.807) is 37.7 Å². The molecule has 2 aromatic heterocycles. The third kappa shape index (κ3) is 3.28. The normalized spacial score (nSPS) is 10.9. The molecule has 1 aromatic carbocycles. The van der Waals surface area contributed by atoms with Crippen molar-refractivity contribution in [3.8, 4) is 5.69 Å². The predicted octanol–water partition coefficient (Wildman–Crippen LogP) is 2.57. The van der Waals surface area contributed by atoms with E-state index in [2.05, 4.69) is 20.5 Å². The molecule has 0 atom stereocenters. The highest BCUT2D eigenvalue weighted by Gasteiger charge is 2.18. The summed E-state index contributed by atoms with van der Waals surface area (Å²) in [7, 11) is 1.80. The summed E-state index contributed by atoms with van der Waals surface area (Å²) in [5.74, 6) is 0.0585. The molecule has 0 aliphatic carbocycles. The Morgan fingerprint density at radius 1 is 1.24 bits per heavy atom. The second-order valence-corrected chi connectivity index (χ2v) is 5.78. The van der Waals surface area contributed by atoms with Crippen molar-refractivity contribution < 1.29 is 9.18 Å². The molecule has 0 bridgehead atoms. The van der Waals surface area contributed by atoms with Crippen LogP contribution in [0.4, 0.5) is 10.3 Å². The summed E-state index contributed by atoms with van der Waals surface area (Å²) < 4.78 is 16.5. The van der Waals surface area contributed by atoms with Crippen LogP contribution in [0.5, 0.6) is 0 Å². The van der Waals surface area contributed by atoms with Crippen molar-refractivity contribution in [2.75, 3.05) is 5.32 Å². The van der Waals surface area contributed by atoms with Gasteiger partial charge in [-0.1, -0.05) is 6.92 Å². The fourth-order valence-electron chi connectivity index (χ4n) is 2.63. The molecule has 0 aliphatic heterocycles. The number of benzene rings is 1. The summed E-state index contributed by atoms with van der Waals surface area (Å²) in [6.45, 7) is 5.49. The van der Waals surface area contributed by atoms with Crippen LogP contribution in [0, 0.1) is 19.7 Å². The van der Waals surface area contributed by atoms with Crippen molar-refractivity contribution >= 4 is 11.9 Å². The molecule has 0 aliphatic rings. The van der Waals surface area contributed by atoms with Crippen molar-refractivity contribution in [3.05, 3.63) is 52.9 Å². The number of hydrogen-bond donors (Lipinski definition) is 1. The van der Waals surface area contributed by atoms with Crippen molar-refractivity contribution in [1.82, 2.24) is 24.5 Å². The van der Waals surface area contributed by atoms with Crippen molar-refractivity contribution in [1.29, 1.82) is 0 Å². The van der Waals surface area contributed by atoms with Gasteiger partial charge in [0.2, 0.25) is 5.95 Å². The lowest BCUT2D eigenvalue weighted by Crippen LogP contribution is -2.17. The Bertz CT molecular complexity index is 943. The topological polar surface area (TPSA) is 77.6 Å². The lowest BCUT2D eigenvalue weighted by atomic mass is 10.2. The number of halogens is 1. The standard InChI is InChI=1S/C17H19FN6O/c1-5-13-9-14(22-23(13)4)16(25)20-17-19-11(3)21-24(17)15-7-6-12(18)8-10(15)2/h6-9H,5H2,1-4H3,(H,19,20,21,25). The third-order valence-electron chi connectivity index (χ3n) is 3.90. The number of aromatic nitrogens is 5. The monoisotopic (exact) mass is 342 g/mol. The number of aryl methyl sites for hydroxylation is 4. The van der Waals surface area contributed by atoms with Crippen molar-refractivity contribution in [2.45, 2.75) is 27.2 Å². The van der Waals surface area contributed by atoms with Crippen LogP contribution in [-0.2, 0) is 13.5 Å². The molecule has 1 amide bonds. The molecule has 130 valence electrons. The van der Waals surface area contributed by atoms with Gasteiger partial charge in [-0.2, -0.15) is 14.8 Å². The summed E-state index contributed by atoms with van der Waals surface area (Å²) in [6, 6.07) is 6.10. The van der Waals surface area contributed by atoms with Gasteiger partial charge in [-0.15, -0.1) is 5.10 Å². The highest BCUT2D eigenvalue weighted by molar-refractivity contribution is 6.02. The van der Waals surface area contributed by atoms with E-state index in [9.17, 15) is 9.18 Å². The lowest BCUT2D eigenvalue weighted by molar-refractivity contribution is 0.102. The maximum absolute atomic E-state index is 13.3. The first-order valence-electron chi connectivity index (χ1n) is 7.93. The Morgan fingerprint density at radius 3 is 2.64 bits per heavy atom. The number of hydrogen-bond acceptors (Lipinski definition) is 4. The smallest absolute Gasteiger partial charge is 0.278 e. The van der Waals surface area contributed by atoms with Gasteiger partial charge in [0.05, 0.1) is 5.69 Å². The number of anilines is 1. The van der Waals surface area contributed by atoms with Gasteiger partial charge in [-0.25, -0.2) is 4.39 Å². The van der Waals surface area contributed by atoms with Crippen LogP contribution < -0.4 is 5.32 Å². The van der Waals surface area contributed by atoms with E-state index in [1.807, 2.05) is 6.92 Å². The van der Waals surface area contributed by atoms with Gasteiger partial charge in [0, 0.05) is 12.7 Å². The van der Waals surface area contributed by atoms with Gasteiger partial charge >= 0.3 is 0 Å². The van der Waals surface area contributed by atoms with E-state index >= 15 is 0 Å². The van der Waals surface area contributed by atoms with Crippen LogP contribution in [0.1, 0.15) is 34.5 Å². The van der Waals surface area contributed by atoms with Crippen molar-refractivity contribution in [2.24, 2.45) is 7.05 Å². The highest BCUT2D eigenvalue weighted by Crippen LogP contribution is 2.19. The van der Waals surface area contributed by atoms with Crippen LogP contribution in [0.3, 0.4) is 0 Å². The molecule has 3 rings (SSSR count). The van der Waals surface area contributed by atoms with Crippen LogP contribution in [0.15, 0.2) is 24.3 Å². The van der Waals surface area contributed by atoms with Gasteiger partial charge in [0.15, 0.2) is 5.69 Å². The minimum atomic E-state index is -0.372. The molecule has 0 spiro atoms. The summed E-state index contributed by atoms with van der Waals surface area (Å²) in [5, 5.41) is 11.2. The zero-order chi connectivity index (χ0) is 18.1. The van der Waals surface area contributed by atoms with E-state index in [4.69, 9.17) is 0 Å². The molecule has 0 saturated carbocycles. The Kier molecular flexibility index (Phi) is 4.35. The van der Waals surface area contributed by atoms with Gasteiger partial charge in [0.1, 0.15) is 11.6 Å². The molecule has 0 radical (unpaired) electrons. The van der Waals surface area contributed by atoms with E-state index < -0.39 is 0 Å². The fourth-order valence-corrected chi connectivity index (χ4v) is 2.63. The van der Waals surface area contributed by atoms with E-state index in [0.717, 1.165) is 12.1 Å². The molecule has 3 aromatic rings. The first kappa shape index (κ1) is 16.8. The summed E-state index contributed by atoms with van der Waals surface area (Å²) in [6.07, 6.45) is 0.779. The maximum Gasteiger partial charge on any atom is 0.278 e. The molecule has 25 heavy (non-hydrogen) atoms. The van der Waals surface area contributed by atoms with Gasteiger partial charge < -0.3 is 0 Å². The molecule has 8 heteroatoms. The van der Waals surface area contributed by atoms with Crippen LogP contribution >= 0.6 is 0 Å². The Hall–Kier alpha value is -3.03. The van der Waals surface area contributed by atoms with Crippen LogP contribution in [0.2, 0.25) is 0 Å². The number of rotatable bonds is 4. The van der Waals surface area contributed by atoms with Gasteiger partial charge in [0.25, 0.3) is 5.91 Å². The second-order valence-electron chi connectivity index (χ2n) is 5.78. The SMILES string of the molecule is CCc1cc(C(=O)Nc2nc(C)nn2-c2ccc(F)cc2C)nn1C. The molecule has 0 saturated heterocycles. The Labute approximate surface area is 144 Å².